The molecule has 1 aliphatic rings. The smallest absolute Gasteiger partial charge is 0.0445 e. The predicted molar refractivity (Wildman–Crippen MR) is 74.3 cm³/mol. The number of hydrogen-bond donors (Lipinski definition) is 2. The highest BCUT2D eigenvalue weighted by atomic mass is 32.2. The maximum atomic E-state index is 9.05. The molecule has 0 fully saturated rings. The van der Waals surface area contributed by atoms with Crippen LogP contribution < -0.4 is 5.32 Å². The molecule has 0 saturated heterocycles. The molecule has 17 heavy (non-hydrogen) atoms. The molecule has 0 saturated carbocycles. The zero-order chi connectivity index (χ0) is 12.1. The third-order valence-electron chi connectivity index (χ3n) is 3.38. The van der Waals surface area contributed by atoms with Gasteiger partial charge in [0, 0.05) is 30.2 Å². The van der Waals surface area contributed by atoms with Crippen molar-refractivity contribution in [2.75, 3.05) is 12.4 Å². The second-order valence-electron chi connectivity index (χ2n) is 4.55. The maximum absolute atomic E-state index is 9.05. The van der Waals surface area contributed by atoms with E-state index in [2.05, 4.69) is 36.5 Å². The van der Waals surface area contributed by atoms with Gasteiger partial charge in [-0.1, -0.05) is 31.2 Å². The SMILES string of the molecule is CCC(CCO)NC1CSCc2ccccc21. The van der Waals surface area contributed by atoms with Crippen molar-refractivity contribution in [2.45, 2.75) is 37.6 Å². The molecule has 0 radical (unpaired) electrons. The molecule has 0 aromatic heterocycles. The van der Waals surface area contributed by atoms with Crippen molar-refractivity contribution in [3.63, 3.8) is 0 Å². The molecule has 1 aliphatic heterocycles. The Morgan fingerprint density at radius 2 is 2.29 bits per heavy atom. The van der Waals surface area contributed by atoms with Crippen LogP contribution in [-0.2, 0) is 5.75 Å². The van der Waals surface area contributed by atoms with Crippen LogP contribution in [0.1, 0.15) is 36.9 Å². The molecular weight excluding hydrogens is 230 g/mol. The molecule has 2 nitrogen and oxygen atoms in total. The topological polar surface area (TPSA) is 32.3 Å². The summed E-state index contributed by atoms with van der Waals surface area (Å²) in [5.41, 5.74) is 2.91. The molecule has 94 valence electrons. The zero-order valence-electron chi connectivity index (χ0n) is 10.4. The van der Waals surface area contributed by atoms with Gasteiger partial charge in [0.2, 0.25) is 0 Å². The first-order valence-electron chi connectivity index (χ1n) is 6.37. The normalized spacial score (nSPS) is 20.9. The van der Waals surface area contributed by atoms with E-state index < -0.39 is 0 Å². The van der Waals surface area contributed by atoms with E-state index >= 15 is 0 Å². The van der Waals surface area contributed by atoms with Gasteiger partial charge in [-0.05, 0) is 24.0 Å². The molecule has 2 atom stereocenters. The van der Waals surface area contributed by atoms with E-state index in [1.165, 1.54) is 11.1 Å². The van der Waals surface area contributed by atoms with E-state index in [-0.39, 0.29) is 6.61 Å². The van der Waals surface area contributed by atoms with Crippen LogP contribution in [0.2, 0.25) is 0 Å². The van der Waals surface area contributed by atoms with E-state index in [9.17, 15) is 0 Å². The van der Waals surface area contributed by atoms with Crippen molar-refractivity contribution in [3.05, 3.63) is 35.4 Å². The summed E-state index contributed by atoms with van der Waals surface area (Å²) < 4.78 is 0. The maximum Gasteiger partial charge on any atom is 0.0445 e. The Bertz CT molecular complexity index is 356. The van der Waals surface area contributed by atoms with Gasteiger partial charge >= 0.3 is 0 Å². The molecule has 3 heteroatoms. The van der Waals surface area contributed by atoms with Crippen LogP contribution in [0.15, 0.2) is 24.3 Å². The van der Waals surface area contributed by atoms with Crippen molar-refractivity contribution >= 4 is 11.8 Å². The summed E-state index contributed by atoms with van der Waals surface area (Å²) in [7, 11) is 0. The highest BCUT2D eigenvalue weighted by molar-refractivity contribution is 7.98. The molecule has 1 aromatic carbocycles. The Labute approximate surface area is 108 Å². The Balaban J connectivity index is 2.07. The first-order chi connectivity index (χ1) is 8.35. The van der Waals surface area contributed by atoms with Crippen molar-refractivity contribution in [1.29, 1.82) is 0 Å². The molecule has 1 aromatic rings. The number of fused-ring (bicyclic) bond motifs is 1. The number of nitrogens with one attached hydrogen (secondary N) is 1. The summed E-state index contributed by atoms with van der Waals surface area (Å²) in [4.78, 5) is 0. The van der Waals surface area contributed by atoms with Gasteiger partial charge in [-0.3, -0.25) is 0 Å². The average molecular weight is 251 g/mol. The first kappa shape index (κ1) is 12.9. The second-order valence-corrected chi connectivity index (χ2v) is 5.58. The van der Waals surface area contributed by atoms with Crippen molar-refractivity contribution in [3.8, 4) is 0 Å². The van der Waals surface area contributed by atoms with Crippen molar-refractivity contribution in [1.82, 2.24) is 5.32 Å². The summed E-state index contributed by atoms with van der Waals surface area (Å²) >= 11 is 1.99. The fourth-order valence-corrected chi connectivity index (χ4v) is 3.48. The molecule has 2 rings (SSSR count). The Morgan fingerprint density at radius 1 is 1.47 bits per heavy atom. The quantitative estimate of drug-likeness (QED) is 0.844. The van der Waals surface area contributed by atoms with Crippen LogP contribution in [-0.4, -0.2) is 23.5 Å². The number of benzene rings is 1. The van der Waals surface area contributed by atoms with Gasteiger partial charge in [-0.2, -0.15) is 11.8 Å². The minimum absolute atomic E-state index is 0.271. The lowest BCUT2D eigenvalue weighted by molar-refractivity contribution is 0.257. The lowest BCUT2D eigenvalue weighted by atomic mass is 10.00. The summed E-state index contributed by atoms with van der Waals surface area (Å²) in [6, 6.07) is 9.57. The lowest BCUT2D eigenvalue weighted by Gasteiger charge is -2.29. The van der Waals surface area contributed by atoms with Gasteiger partial charge in [0.1, 0.15) is 0 Å². The van der Waals surface area contributed by atoms with Gasteiger partial charge in [0.05, 0.1) is 0 Å². The van der Waals surface area contributed by atoms with Crippen LogP contribution in [0.25, 0.3) is 0 Å². The summed E-state index contributed by atoms with van der Waals surface area (Å²) in [6.07, 6.45) is 1.92. The summed E-state index contributed by atoms with van der Waals surface area (Å²) in [5.74, 6) is 2.27. The molecule has 2 unspecified atom stereocenters. The molecule has 0 spiro atoms. The first-order valence-corrected chi connectivity index (χ1v) is 7.53. The van der Waals surface area contributed by atoms with Gasteiger partial charge in [-0.15, -0.1) is 0 Å². The van der Waals surface area contributed by atoms with Crippen LogP contribution in [0, 0.1) is 0 Å². The fourth-order valence-electron chi connectivity index (χ4n) is 2.37. The second kappa shape index (κ2) is 6.43. The minimum Gasteiger partial charge on any atom is -0.396 e. The van der Waals surface area contributed by atoms with Gasteiger partial charge in [0.15, 0.2) is 0 Å². The lowest BCUT2D eigenvalue weighted by Crippen LogP contribution is -2.36. The standard InChI is InChI=1S/C14H21NOS/c1-2-12(7-8-16)15-14-10-17-9-11-5-3-4-6-13(11)14/h3-6,12,14-16H,2,7-10H2,1H3. The molecule has 0 amide bonds. The number of thioether (sulfide) groups is 1. The van der Waals surface area contributed by atoms with Crippen LogP contribution in [0.4, 0.5) is 0 Å². The van der Waals surface area contributed by atoms with E-state index in [4.69, 9.17) is 5.11 Å². The Morgan fingerprint density at radius 3 is 3.06 bits per heavy atom. The van der Waals surface area contributed by atoms with E-state index in [1.54, 1.807) is 0 Å². The van der Waals surface area contributed by atoms with Gasteiger partial charge < -0.3 is 10.4 Å². The highest BCUT2D eigenvalue weighted by Crippen LogP contribution is 2.31. The van der Waals surface area contributed by atoms with Crippen molar-refractivity contribution in [2.24, 2.45) is 0 Å². The van der Waals surface area contributed by atoms with Crippen LogP contribution >= 0.6 is 11.8 Å². The molecule has 0 bridgehead atoms. The monoisotopic (exact) mass is 251 g/mol. The predicted octanol–water partition coefficient (Wildman–Crippen LogP) is 2.73. The molecular formula is C14H21NOS. The molecule has 1 heterocycles. The fraction of sp³-hybridized carbons (Fsp3) is 0.571. The number of aliphatic hydroxyl groups excluding tert-OH is 1. The number of hydrogen-bond acceptors (Lipinski definition) is 3. The average Bonchev–Trinajstić information content (AvgIpc) is 2.38. The largest absolute Gasteiger partial charge is 0.396 e. The van der Waals surface area contributed by atoms with Crippen LogP contribution in [0.3, 0.4) is 0 Å². The number of aliphatic hydroxyl groups is 1. The van der Waals surface area contributed by atoms with E-state index in [1.807, 2.05) is 11.8 Å². The third kappa shape index (κ3) is 3.24. The van der Waals surface area contributed by atoms with Crippen LogP contribution in [0.5, 0.6) is 0 Å². The van der Waals surface area contributed by atoms with Crippen molar-refractivity contribution < 1.29 is 5.11 Å². The molecule has 0 aliphatic carbocycles. The van der Waals surface area contributed by atoms with E-state index in [0.29, 0.717) is 12.1 Å². The third-order valence-corrected chi connectivity index (χ3v) is 4.46. The summed E-state index contributed by atoms with van der Waals surface area (Å²) in [6.45, 7) is 2.45. The minimum atomic E-state index is 0.271. The molecule has 2 N–H and O–H groups in total. The highest BCUT2D eigenvalue weighted by Gasteiger charge is 2.21. The van der Waals surface area contributed by atoms with Gasteiger partial charge in [-0.25, -0.2) is 0 Å². The number of rotatable bonds is 5. The zero-order valence-corrected chi connectivity index (χ0v) is 11.2. The van der Waals surface area contributed by atoms with E-state index in [0.717, 1.165) is 24.3 Å². The van der Waals surface area contributed by atoms with Gasteiger partial charge in [0.25, 0.3) is 0 Å². The summed E-state index contributed by atoms with van der Waals surface area (Å²) in [5, 5.41) is 12.7. The Hall–Kier alpha value is -0.510. The Kier molecular flexibility index (Phi) is 4.89.